The highest BCUT2D eigenvalue weighted by Crippen LogP contribution is 2.35. The van der Waals surface area contributed by atoms with Crippen LogP contribution in [0.25, 0.3) is 6.08 Å². The van der Waals surface area contributed by atoms with Gasteiger partial charge < -0.3 is 25.8 Å². The highest BCUT2D eigenvalue weighted by atomic mass is 35.5. The SMILES string of the molecule is COc1cc(Nc2ncccc2/C=C/C(=O)Nc2c(C)ccc(Cl)c2N)cc(C)c1OC. The molecule has 3 rings (SSSR count). The molecular formula is C24H25ClN4O3. The molecule has 0 spiro atoms. The van der Waals surface area contributed by atoms with Gasteiger partial charge in [0, 0.05) is 29.6 Å². The lowest BCUT2D eigenvalue weighted by molar-refractivity contribution is -0.111. The van der Waals surface area contributed by atoms with Crippen LogP contribution in [0.3, 0.4) is 0 Å². The second kappa shape index (κ2) is 10.1. The average Bonchev–Trinajstić information content (AvgIpc) is 2.78. The van der Waals surface area contributed by atoms with Crippen LogP contribution < -0.4 is 25.8 Å². The van der Waals surface area contributed by atoms with E-state index in [0.717, 1.165) is 22.4 Å². The van der Waals surface area contributed by atoms with Gasteiger partial charge in [0.25, 0.3) is 0 Å². The number of rotatable bonds is 7. The summed E-state index contributed by atoms with van der Waals surface area (Å²) in [7, 11) is 3.19. The second-order valence-electron chi connectivity index (χ2n) is 7.07. The van der Waals surface area contributed by atoms with Crippen LogP contribution in [-0.2, 0) is 4.79 Å². The summed E-state index contributed by atoms with van der Waals surface area (Å²) in [4.78, 5) is 16.9. The number of aromatic nitrogens is 1. The third kappa shape index (κ3) is 5.12. The Bertz CT molecular complexity index is 1180. The molecule has 1 amide bonds. The van der Waals surface area contributed by atoms with E-state index in [1.165, 1.54) is 6.08 Å². The molecule has 0 bridgehead atoms. The largest absolute Gasteiger partial charge is 0.493 e. The number of aryl methyl sites for hydroxylation is 2. The van der Waals surface area contributed by atoms with Gasteiger partial charge in [0.2, 0.25) is 5.91 Å². The smallest absolute Gasteiger partial charge is 0.248 e. The Hall–Kier alpha value is -3.71. The number of hydrogen-bond donors (Lipinski definition) is 3. The number of ether oxygens (including phenoxy) is 2. The van der Waals surface area contributed by atoms with Gasteiger partial charge in [0.05, 0.1) is 30.6 Å². The molecule has 0 saturated heterocycles. The fourth-order valence-electron chi connectivity index (χ4n) is 3.22. The molecule has 0 aliphatic carbocycles. The van der Waals surface area contributed by atoms with Gasteiger partial charge in [0.1, 0.15) is 5.82 Å². The first-order valence-electron chi connectivity index (χ1n) is 9.82. The van der Waals surface area contributed by atoms with Crippen LogP contribution in [0.15, 0.2) is 48.7 Å². The maximum absolute atomic E-state index is 12.5. The number of nitrogen functional groups attached to an aromatic ring is 1. The molecule has 1 heterocycles. The highest BCUT2D eigenvalue weighted by molar-refractivity contribution is 6.34. The standard InChI is InChI=1S/C24H25ClN4O3/c1-14-7-9-18(25)21(26)22(14)29-20(30)10-8-16-6-5-11-27-24(16)28-17-12-15(2)23(32-4)19(13-17)31-3/h5-13H,26H2,1-4H3,(H,27,28)(H,29,30)/b10-8+. The molecule has 0 atom stereocenters. The summed E-state index contributed by atoms with van der Waals surface area (Å²) in [6.45, 7) is 3.78. The van der Waals surface area contributed by atoms with E-state index in [2.05, 4.69) is 15.6 Å². The number of hydrogen-bond acceptors (Lipinski definition) is 6. The molecule has 0 saturated carbocycles. The number of anilines is 4. The first kappa shape index (κ1) is 23.0. The van der Waals surface area contributed by atoms with Crippen molar-refractivity contribution in [2.24, 2.45) is 0 Å². The fraction of sp³-hybridized carbons (Fsp3) is 0.167. The van der Waals surface area contributed by atoms with E-state index in [4.69, 9.17) is 26.8 Å². The zero-order valence-corrected chi connectivity index (χ0v) is 19.1. The third-order valence-electron chi connectivity index (χ3n) is 4.83. The van der Waals surface area contributed by atoms with Crippen molar-refractivity contribution in [1.82, 2.24) is 4.98 Å². The number of benzene rings is 2. The van der Waals surface area contributed by atoms with Crippen molar-refractivity contribution >= 4 is 46.5 Å². The summed E-state index contributed by atoms with van der Waals surface area (Å²) in [6.07, 6.45) is 4.76. The quantitative estimate of drug-likeness (QED) is 0.330. The molecule has 166 valence electrons. The summed E-state index contributed by atoms with van der Waals surface area (Å²) >= 11 is 6.06. The van der Waals surface area contributed by atoms with Crippen LogP contribution in [0.5, 0.6) is 11.5 Å². The molecule has 2 aromatic carbocycles. The van der Waals surface area contributed by atoms with Crippen LogP contribution in [0.4, 0.5) is 22.9 Å². The van der Waals surface area contributed by atoms with Crippen LogP contribution in [0.2, 0.25) is 5.02 Å². The Labute approximate surface area is 192 Å². The van der Waals surface area contributed by atoms with Gasteiger partial charge in [-0.1, -0.05) is 17.7 Å². The zero-order chi connectivity index (χ0) is 23.3. The molecule has 8 heteroatoms. The topological polar surface area (TPSA) is 98.5 Å². The summed E-state index contributed by atoms with van der Waals surface area (Å²) in [6, 6.07) is 10.9. The maximum Gasteiger partial charge on any atom is 0.248 e. The first-order chi connectivity index (χ1) is 15.3. The van der Waals surface area contributed by atoms with Crippen molar-refractivity contribution in [3.05, 3.63) is 70.4 Å². The van der Waals surface area contributed by atoms with E-state index < -0.39 is 0 Å². The van der Waals surface area contributed by atoms with Gasteiger partial charge in [-0.3, -0.25) is 4.79 Å². The van der Waals surface area contributed by atoms with Gasteiger partial charge in [0.15, 0.2) is 11.5 Å². The van der Waals surface area contributed by atoms with Crippen LogP contribution in [0, 0.1) is 13.8 Å². The van der Waals surface area contributed by atoms with Crippen LogP contribution >= 0.6 is 11.6 Å². The van der Waals surface area contributed by atoms with E-state index in [0.29, 0.717) is 33.7 Å². The molecule has 3 aromatic rings. The number of amides is 1. The minimum Gasteiger partial charge on any atom is -0.493 e. The Kier molecular flexibility index (Phi) is 7.22. The molecule has 0 unspecified atom stereocenters. The molecule has 0 fully saturated rings. The van der Waals surface area contributed by atoms with Crippen LogP contribution in [-0.4, -0.2) is 25.1 Å². The van der Waals surface area contributed by atoms with Gasteiger partial charge in [-0.15, -0.1) is 0 Å². The van der Waals surface area contributed by atoms with Crippen molar-refractivity contribution in [2.75, 3.05) is 30.6 Å². The van der Waals surface area contributed by atoms with Crippen molar-refractivity contribution < 1.29 is 14.3 Å². The zero-order valence-electron chi connectivity index (χ0n) is 18.3. The molecular weight excluding hydrogens is 428 g/mol. The summed E-state index contributed by atoms with van der Waals surface area (Å²) in [5.74, 6) is 1.53. The van der Waals surface area contributed by atoms with Gasteiger partial charge in [-0.05, 0) is 55.3 Å². The molecule has 1 aromatic heterocycles. The fourth-order valence-corrected chi connectivity index (χ4v) is 3.38. The molecule has 0 radical (unpaired) electrons. The predicted molar refractivity (Wildman–Crippen MR) is 130 cm³/mol. The first-order valence-corrected chi connectivity index (χ1v) is 10.2. The van der Waals surface area contributed by atoms with E-state index in [9.17, 15) is 4.79 Å². The maximum atomic E-state index is 12.5. The minimum absolute atomic E-state index is 0.334. The van der Waals surface area contributed by atoms with Gasteiger partial charge >= 0.3 is 0 Å². The Morgan fingerprint density at radius 3 is 2.62 bits per heavy atom. The van der Waals surface area contributed by atoms with Crippen LogP contribution in [0.1, 0.15) is 16.7 Å². The molecule has 7 nitrogen and oxygen atoms in total. The summed E-state index contributed by atoms with van der Waals surface area (Å²) in [5.41, 5.74) is 10.1. The lowest BCUT2D eigenvalue weighted by Gasteiger charge is -2.14. The number of pyridine rings is 1. The number of carbonyl (C=O) groups excluding carboxylic acids is 1. The van der Waals surface area contributed by atoms with E-state index in [1.54, 1.807) is 44.7 Å². The predicted octanol–water partition coefficient (Wildman–Crippen LogP) is 5.35. The third-order valence-corrected chi connectivity index (χ3v) is 5.16. The molecule has 32 heavy (non-hydrogen) atoms. The van der Waals surface area contributed by atoms with Crippen molar-refractivity contribution in [3.63, 3.8) is 0 Å². The van der Waals surface area contributed by atoms with Crippen molar-refractivity contribution in [2.45, 2.75) is 13.8 Å². The number of carbonyl (C=O) groups is 1. The van der Waals surface area contributed by atoms with E-state index in [-0.39, 0.29) is 5.91 Å². The lowest BCUT2D eigenvalue weighted by atomic mass is 10.1. The number of nitrogens with one attached hydrogen (secondary N) is 2. The second-order valence-corrected chi connectivity index (χ2v) is 7.48. The van der Waals surface area contributed by atoms with Gasteiger partial charge in [-0.2, -0.15) is 0 Å². The van der Waals surface area contributed by atoms with Crippen molar-refractivity contribution in [3.8, 4) is 11.5 Å². The van der Waals surface area contributed by atoms with Crippen molar-refractivity contribution in [1.29, 1.82) is 0 Å². The number of halogens is 1. The molecule has 0 aliphatic heterocycles. The van der Waals surface area contributed by atoms with Gasteiger partial charge in [-0.25, -0.2) is 4.98 Å². The number of nitrogens with zero attached hydrogens (tertiary/aromatic N) is 1. The summed E-state index contributed by atoms with van der Waals surface area (Å²) < 4.78 is 10.8. The normalized spacial score (nSPS) is 10.8. The average molecular weight is 453 g/mol. The molecule has 0 aliphatic rings. The van der Waals surface area contributed by atoms with E-state index >= 15 is 0 Å². The number of methoxy groups -OCH3 is 2. The monoisotopic (exact) mass is 452 g/mol. The molecule has 4 N–H and O–H groups in total. The lowest BCUT2D eigenvalue weighted by Crippen LogP contribution is -2.11. The highest BCUT2D eigenvalue weighted by Gasteiger charge is 2.12. The Balaban J connectivity index is 1.82. The minimum atomic E-state index is -0.334. The Morgan fingerprint density at radius 1 is 1.12 bits per heavy atom. The number of nitrogens with two attached hydrogens (primary N) is 1. The van der Waals surface area contributed by atoms with E-state index in [1.807, 2.05) is 32.0 Å². The Morgan fingerprint density at radius 2 is 1.91 bits per heavy atom. The summed E-state index contributed by atoms with van der Waals surface area (Å²) in [5, 5.41) is 6.45.